The molecule has 0 spiro atoms. The number of rotatable bonds is 3. The van der Waals surface area contributed by atoms with Crippen molar-refractivity contribution in [2.45, 2.75) is 78.4 Å². The van der Waals surface area contributed by atoms with E-state index in [9.17, 15) is 0 Å². The Morgan fingerprint density at radius 2 is 1.33 bits per heavy atom. The van der Waals surface area contributed by atoms with Gasteiger partial charge in [0, 0.05) is 23.5 Å². The molecule has 1 aliphatic heterocycles. The normalized spacial score (nSPS) is 19.8. The Balaban J connectivity index is 3.07. The molecule has 106 valence electrons. The number of hydrogen-bond acceptors (Lipinski definition) is 2. The minimum absolute atomic E-state index is 0.0955. The molecule has 0 saturated heterocycles. The predicted molar refractivity (Wildman–Crippen MR) is 83.6 cm³/mol. The molecule has 0 amide bonds. The van der Waals surface area contributed by atoms with Gasteiger partial charge in [-0.1, -0.05) is 19.8 Å². The van der Waals surface area contributed by atoms with Crippen LogP contribution in [0.4, 0.5) is 0 Å². The Morgan fingerprint density at radius 1 is 0.944 bits per heavy atom. The lowest BCUT2D eigenvalue weighted by Crippen LogP contribution is -2.64. The van der Waals surface area contributed by atoms with Crippen molar-refractivity contribution in [2.24, 2.45) is 0 Å². The number of nitrogens with zero attached hydrogens (tertiary/aromatic N) is 2. The Kier molecular flexibility index (Phi) is 4.49. The summed E-state index contributed by atoms with van der Waals surface area (Å²) < 4.78 is 4.87. The van der Waals surface area contributed by atoms with Crippen LogP contribution in [0.1, 0.15) is 61.3 Å². The summed E-state index contributed by atoms with van der Waals surface area (Å²) in [5.41, 5.74) is 0.191. The molecule has 0 unspecified atom stereocenters. The average molecular weight is 289 g/mol. The van der Waals surface area contributed by atoms with Gasteiger partial charge in [-0.3, -0.25) is 0 Å². The molecule has 0 radical (unpaired) electrons. The van der Waals surface area contributed by atoms with Gasteiger partial charge in [0.05, 0.1) is 0 Å². The topological polar surface area (TPSA) is 6.48 Å². The first-order chi connectivity index (χ1) is 8.03. The third-order valence-electron chi connectivity index (χ3n) is 3.40. The van der Waals surface area contributed by atoms with Gasteiger partial charge in [-0.05, 0) is 47.6 Å². The molecule has 0 aromatic rings. The number of halogens is 1. The Morgan fingerprint density at radius 3 is 1.61 bits per heavy atom. The zero-order valence-electron chi connectivity index (χ0n) is 13.0. The van der Waals surface area contributed by atoms with Crippen LogP contribution in [0.15, 0.2) is 12.4 Å². The Hall–Kier alpha value is -0.153. The number of unbranched alkanes of at least 4 members (excludes halogenated alkanes) is 1. The fourth-order valence-corrected chi connectivity index (χ4v) is 9.02. The van der Waals surface area contributed by atoms with E-state index in [1.165, 1.54) is 12.8 Å². The molecule has 4 heteroatoms. The van der Waals surface area contributed by atoms with Crippen LogP contribution in [0.3, 0.4) is 0 Å². The molecule has 0 aromatic carbocycles. The summed E-state index contributed by atoms with van der Waals surface area (Å²) >= 11 is 7.18. The van der Waals surface area contributed by atoms with Crippen molar-refractivity contribution in [1.29, 1.82) is 0 Å². The van der Waals surface area contributed by atoms with Crippen LogP contribution >= 0.6 is 11.1 Å². The molecule has 18 heavy (non-hydrogen) atoms. The van der Waals surface area contributed by atoms with Crippen LogP contribution < -0.4 is 0 Å². The predicted octanol–water partition coefficient (Wildman–Crippen LogP) is 4.65. The first-order valence-electron chi connectivity index (χ1n) is 6.99. The molecular weight excluding hydrogens is 260 g/mol. The third kappa shape index (κ3) is 3.05. The molecule has 0 N–H and O–H groups in total. The Labute approximate surface area is 119 Å². The molecule has 1 aliphatic rings. The Bertz CT molecular complexity index is 291. The van der Waals surface area contributed by atoms with E-state index in [1.807, 2.05) is 0 Å². The smallest absolute Gasteiger partial charge is 0.365 e. The van der Waals surface area contributed by atoms with Gasteiger partial charge in [-0.15, -0.1) is 11.1 Å². The quantitative estimate of drug-likeness (QED) is 0.551. The first-order valence-corrected chi connectivity index (χ1v) is 10.1. The SMILES string of the molecule is CCCC[Si]1(Cl)N(C(C)(C)C)C=CN1C(C)(C)C. The van der Waals surface area contributed by atoms with Crippen molar-refractivity contribution in [2.75, 3.05) is 0 Å². The van der Waals surface area contributed by atoms with E-state index in [1.54, 1.807) is 0 Å². The molecule has 0 aliphatic carbocycles. The van der Waals surface area contributed by atoms with Crippen LogP contribution in [-0.2, 0) is 0 Å². The fraction of sp³-hybridized carbons (Fsp3) is 0.857. The van der Waals surface area contributed by atoms with Crippen molar-refractivity contribution in [1.82, 2.24) is 9.13 Å². The molecule has 2 nitrogen and oxygen atoms in total. The van der Waals surface area contributed by atoms with Gasteiger partial charge >= 0.3 is 7.71 Å². The van der Waals surface area contributed by atoms with Crippen molar-refractivity contribution in [3.05, 3.63) is 12.4 Å². The van der Waals surface area contributed by atoms with Gasteiger partial charge in [-0.25, -0.2) is 0 Å². The van der Waals surface area contributed by atoms with E-state index in [2.05, 4.69) is 70.0 Å². The maximum absolute atomic E-state index is 7.18. The molecule has 0 aromatic heterocycles. The summed E-state index contributed by atoms with van der Waals surface area (Å²) in [7, 11) is -2.11. The summed E-state index contributed by atoms with van der Waals surface area (Å²) in [5.74, 6) is 0. The van der Waals surface area contributed by atoms with E-state index in [0.29, 0.717) is 0 Å². The molecular formula is C14H29ClN2Si. The summed E-state index contributed by atoms with van der Waals surface area (Å²) in [6.07, 6.45) is 6.83. The summed E-state index contributed by atoms with van der Waals surface area (Å²) in [6, 6.07) is 1.12. The van der Waals surface area contributed by atoms with E-state index < -0.39 is 7.71 Å². The van der Waals surface area contributed by atoms with Gasteiger partial charge in [0.15, 0.2) is 0 Å². The van der Waals surface area contributed by atoms with Crippen molar-refractivity contribution < 1.29 is 0 Å². The van der Waals surface area contributed by atoms with Gasteiger partial charge < -0.3 is 9.13 Å². The zero-order chi connectivity index (χ0) is 14.2. The van der Waals surface area contributed by atoms with Gasteiger partial charge in [0.25, 0.3) is 0 Å². The fourth-order valence-electron chi connectivity index (χ4n) is 2.60. The maximum Gasteiger partial charge on any atom is 0.365 e. The highest BCUT2D eigenvalue weighted by molar-refractivity contribution is 7.17. The monoisotopic (exact) mass is 288 g/mol. The molecule has 1 heterocycles. The minimum atomic E-state index is -2.11. The zero-order valence-corrected chi connectivity index (χ0v) is 14.8. The van der Waals surface area contributed by atoms with E-state index >= 15 is 0 Å². The number of hydrogen-bond donors (Lipinski definition) is 0. The summed E-state index contributed by atoms with van der Waals surface area (Å²) in [6.45, 7) is 15.7. The highest BCUT2D eigenvalue weighted by atomic mass is 35.6. The summed E-state index contributed by atoms with van der Waals surface area (Å²) in [5, 5.41) is 0. The largest absolute Gasteiger partial charge is 0.369 e. The lowest BCUT2D eigenvalue weighted by molar-refractivity contribution is 0.272. The van der Waals surface area contributed by atoms with Crippen LogP contribution in [0, 0.1) is 0 Å². The van der Waals surface area contributed by atoms with Crippen LogP contribution in [-0.4, -0.2) is 27.9 Å². The molecule has 0 saturated carbocycles. The van der Waals surface area contributed by atoms with Crippen molar-refractivity contribution in [3.63, 3.8) is 0 Å². The minimum Gasteiger partial charge on any atom is -0.369 e. The molecule has 1 rings (SSSR count). The average Bonchev–Trinajstić information content (AvgIpc) is 2.52. The highest BCUT2D eigenvalue weighted by Gasteiger charge is 2.52. The second kappa shape index (κ2) is 5.08. The standard InChI is InChI=1S/C14H29ClN2Si/c1-8-9-12-18(15)16(13(2,3)4)10-11-17(18)14(5,6)7/h10-11H,8-9,12H2,1-7H3. The molecule has 0 atom stereocenters. The van der Waals surface area contributed by atoms with E-state index in [0.717, 1.165) is 6.04 Å². The van der Waals surface area contributed by atoms with Crippen molar-refractivity contribution >= 4 is 18.8 Å². The van der Waals surface area contributed by atoms with Crippen LogP contribution in [0.25, 0.3) is 0 Å². The summed E-state index contributed by atoms with van der Waals surface area (Å²) in [4.78, 5) is 0. The molecule has 0 bridgehead atoms. The van der Waals surface area contributed by atoms with E-state index in [4.69, 9.17) is 11.1 Å². The van der Waals surface area contributed by atoms with Crippen LogP contribution in [0.2, 0.25) is 6.04 Å². The van der Waals surface area contributed by atoms with E-state index in [-0.39, 0.29) is 11.1 Å². The second-order valence-electron chi connectivity index (χ2n) is 7.20. The highest BCUT2D eigenvalue weighted by Crippen LogP contribution is 2.41. The lowest BCUT2D eigenvalue weighted by Gasteiger charge is -2.49. The lowest BCUT2D eigenvalue weighted by atomic mass is 10.1. The van der Waals surface area contributed by atoms with Gasteiger partial charge in [0.2, 0.25) is 0 Å². The van der Waals surface area contributed by atoms with Crippen LogP contribution in [0.5, 0.6) is 0 Å². The third-order valence-corrected chi connectivity index (χ3v) is 9.16. The molecule has 0 fully saturated rings. The van der Waals surface area contributed by atoms with Gasteiger partial charge in [0.1, 0.15) is 0 Å². The first kappa shape index (κ1) is 15.9. The second-order valence-corrected chi connectivity index (χ2v) is 11.9. The maximum atomic E-state index is 7.18. The van der Waals surface area contributed by atoms with Crippen molar-refractivity contribution in [3.8, 4) is 0 Å². The van der Waals surface area contributed by atoms with Gasteiger partial charge in [-0.2, -0.15) is 0 Å².